The number of methoxy groups -OCH3 is 4. The zero-order valence-electron chi connectivity index (χ0n) is 17.9. The Morgan fingerprint density at radius 1 is 1.04 bits per heavy atom. The van der Waals surface area contributed by atoms with Gasteiger partial charge >= 0.3 is 0 Å². The molecule has 0 aromatic heterocycles. The molecule has 7 heteroatoms. The lowest BCUT2D eigenvalue weighted by atomic mass is 9.67. The van der Waals surface area contributed by atoms with Gasteiger partial charge in [-0.25, -0.2) is 4.99 Å². The molecule has 0 heterocycles. The van der Waals surface area contributed by atoms with Gasteiger partial charge in [0.15, 0.2) is 17.5 Å². The number of nitrogens with one attached hydrogen (secondary N) is 2. The molecule has 0 unspecified atom stereocenters. The van der Waals surface area contributed by atoms with Gasteiger partial charge in [0.05, 0.1) is 27.9 Å². The van der Waals surface area contributed by atoms with Gasteiger partial charge in [0, 0.05) is 26.8 Å². The van der Waals surface area contributed by atoms with E-state index in [1.54, 1.807) is 28.4 Å². The normalized spacial score (nSPS) is 15.5. The third-order valence-electron chi connectivity index (χ3n) is 5.37. The molecule has 0 amide bonds. The maximum absolute atomic E-state index is 5.43. The molecule has 0 aliphatic heterocycles. The molecule has 1 aliphatic rings. The summed E-state index contributed by atoms with van der Waals surface area (Å²) in [6, 6.07) is 3.86. The summed E-state index contributed by atoms with van der Waals surface area (Å²) in [5, 5.41) is 6.85. The minimum Gasteiger partial charge on any atom is -0.493 e. The van der Waals surface area contributed by atoms with Gasteiger partial charge < -0.3 is 29.6 Å². The lowest BCUT2D eigenvalue weighted by Crippen LogP contribution is -2.46. The van der Waals surface area contributed by atoms with Crippen LogP contribution in [-0.4, -0.2) is 54.1 Å². The third-order valence-corrected chi connectivity index (χ3v) is 5.37. The Kier molecular flexibility index (Phi) is 8.70. The van der Waals surface area contributed by atoms with Crippen LogP contribution < -0.4 is 24.8 Å². The van der Waals surface area contributed by atoms with Crippen LogP contribution >= 0.6 is 0 Å². The largest absolute Gasteiger partial charge is 0.493 e. The molecule has 0 saturated heterocycles. The van der Waals surface area contributed by atoms with E-state index >= 15 is 0 Å². The molecule has 1 aromatic rings. The molecule has 1 fully saturated rings. The minimum absolute atomic E-state index is 0.332. The maximum atomic E-state index is 5.43. The quantitative estimate of drug-likeness (QED) is 0.445. The zero-order valence-corrected chi connectivity index (χ0v) is 17.9. The fraction of sp³-hybridized carbons (Fsp3) is 0.667. The predicted octanol–water partition coefficient (Wildman–Crippen LogP) is 2.97. The van der Waals surface area contributed by atoms with E-state index < -0.39 is 0 Å². The smallest absolute Gasteiger partial charge is 0.203 e. The Morgan fingerprint density at radius 2 is 1.71 bits per heavy atom. The molecule has 0 spiro atoms. The third kappa shape index (κ3) is 5.67. The topological polar surface area (TPSA) is 73.3 Å². The molecule has 0 radical (unpaired) electrons. The fourth-order valence-electron chi connectivity index (χ4n) is 3.52. The number of ether oxygens (including phenoxy) is 4. The van der Waals surface area contributed by atoms with Gasteiger partial charge in [0.1, 0.15) is 0 Å². The Labute approximate surface area is 168 Å². The highest BCUT2D eigenvalue weighted by Crippen LogP contribution is 2.43. The lowest BCUT2D eigenvalue weighted by molar-refractivity contribution is 0.0732. The van der Waals surface area contributed by atoms with E-state index in [0.29, 0.717) is 29.2 Å². The van der Waals surface area contributed by atoms with Crippen molar-refractivity contribution in [3.05, 3.63) is 17.7 Å². The Balaban J connectivity index is 2.07. The predicted molar refractivity (Wildman–Crippen MR) is 112 cm³/mol. The highest BCUT2D eigenvalue weighted by molar-refractivity contribution is 5.79. The first-order valence-electron chi connectivity index (χ1n) is 9.91. The van der Waals surface area contributed by atoms with Crippen LogP contribution in [0.1, 0.15) is 38.2 Å². The SMILES string of the molecule is CCNC(=NCc1cc(OC)c(OC)c(OC)c1)NCC1(CCOC)CCC1. The molecule has 1 aromatic carbocycles. The van der Waals surface area contributed by atoms with Gasteiger partial charge in [0.25, 0.3) is 0 Å². The van der Waals surface area contributed by atoms with Crippen LogP contribution in [0, 0.1) is 5.41 Å². The van der Waals surface area contributed by atoms with E-state index in [-0.39, 0.29) is 0 Å². The molecule has 158 valence electrons. The van der Waals surface area contributed by atoms with Crippen LogP contribution in [-0.2, 0) is 11.3 Å². The minimum atomic E-state index is 0.332. The number of guanidine groups is 1. The van der Waals surface area contributed by atoms with E-state index in [0.717, 1.165) is 37.6 Å². The molecule has 1 saturated carbocycles. The number of hydrogen-bond donors (Lipinski definition) is 2. The first kappa shape index (κ1) is 22.1. The molecular weight excluding hydrogens is 358 g/mol. The second-order valence-corrected chi connectivity index (χ2v) is 7.18. The summed E-state index contributed by atoms with van der Waals surface area (Å²) < 4.78 is 21.5. The van der Waals surface area contributed by atoms with Crippen LogP contribution in [0.5, 0.6) is 17.2 Å². The van der Waals surface area contributed by atoms with E-state index in [9.17, 15) is 0 Å². The maximum Gasteiger partial charge on any atom is 0.203 e. The highest BCUT2D eigenvalue weighted by atomic mass is 16.5. The Bertz CT molecular complexity index is 620. The van der Waals surface area contributed by atoms with Crippen molar-refractivity contribution in [2.24, 2.45) is 10.4 Å². The molecular formula is C21H35N3O4. The summed E-state index contributed by atoms with van der Waals surface area (Å²) in [6.45, 7) is 5.11. The average Bonchev–Trinajstić information content (AvgIpc) is 2.69. The van der Waals surface area contributed by atoms with Crippen LogP contribution in [0.25, 0.3) is 0 Å². The van der Waals surface area contributed by atoms with E-state index in [4.69, 9.17) is 23.9 Å². The molecule has 1 aliphatic carbocycles. The zero-order chi connectivity index (χ0) is 20.4. The number of aliphatic imine (C=N–C) groups is 1. The van der Waals surface area contributed by atoms with Crippen LogP contribution in [0.2, 0.25) is 0 Å². The standard InChI is InChI=1S/C21H35N3O4/c1-6-22-20(24-15-21(8-7-9-21)10-11-25-2)23-14-16-12-17(26-3)19(28-5)18(13-16)27-4/h12-13H,6-11,14-15H2,1-5H3,(H2,22,23,24). The number of rotatable bonds is 11. The average molecular weight is 394 g/mol. The molecule has 0 atom stereocenters. The van der Waals surface area contributed by atoms with Crippen molar-refractivity contribution < 1.29 is 18.9 Å². The van der Waals surface area contributed by atoms with Gasteiger partial charge in [-0.1, -0.05) is 6.42 Å². The first-order valence-corrected chi connectivity index (χ1v) is 9.91. The van der Waals surface area contributed by atoms with Crippen LogP contribution in [0.15, 0.2) is 17.1 Å². The number of benzene rings is 1. The van der Waals surface area contributed by atoms with Gasteiger partial charge in [-0.05, 0) is 49.3 Å². The molecule has 0 bridgehead atoms. The molecule has 28 heavy (non-hydrogen) atoms. The number of nitrogens with zero attached hydrogens (tertiary/aromatic N) is 1. The highest BCUT2D eigenvalue weighted by Gasteiger charge is 2.36. The fourth-order valence-corrected chi connectivity index (χ4v) is 3.52. The van der Waals surface area contributed by atoms with Crippen molar-refractivity contribution in [1.82, 2.24) is 10.6 Å². The first-order chi connectivity index (χ1) is 13.6. The summed E-state index contributed by atoms with van der Waals surface area (Å²) in [4.78, 5) is 4.74. The van der Waals surface area contributed by atoms with Gasteiger partial charge in [-0.3, -0.25) is 0 Å². The Hall–Kier alpha value is -2.15. The van der Waals surface area contributed by atoms with Crippen LogP contribution in [0.3, 0.4) is 0 Å². The second-order valence-electron chi connectivity index (χ2n) is 7.18. The number of hydrogen-bond acceptors (Lipinski definition) is 5. The summed E-state index contributed by atoms with van der Waals surface area (Å²) in [5.74, 6) is 2.68. The van der Waals surface area contributed by atoms with Gasteiger partial charge in [-0.2, -0.15) is 0 Å². The van der Waals surface area contributed by atoms with Crippen LogP contribution in [0.4, 0.5) is 0 Å². The molecule has 7 nitrogen and oxygen atoms in total. The van der Waals surface area contributed by atoms with Crippen molar-refractivity contribution in [2.75, 3.05) is 48.1 Å². The van der Waals surface area contributed by atoms with Crippen molar-refractivity contribution in [3.63, 3.8) is 0 Å². The van der Waals surface area contributed by atoms with Gasteiger partial charge in [-0.15, -0.1) is 0 Å². The summed E-state index contributed by atoms with van der Waals surface area (Å²) in [5.41, 5.74) is 1.32. The van der Waals surface area contributed by atoms with E-state index in [1.165, 1.54) is 19.3 Å². The van der Waals surface area contributed by atoms with E-state index in [2.05, 4.69) is 17.6 Å². The monoisotopic (exact) mass is 393 g/mol. The van der Waals surface area contributed by atoms with Crippen molar-refractivity contribution in [3.8, 4) is 17.2 Å². The summed E-state index contributed by atoms with van der Waals surface area (Å²) in [7, 11) is 6.61. The Morgan fingerprint density at radius 3 is 2.18 bits per heavy atom. The summed E-state index contributed by atoms with van der Waals surface area (Å²) in [6.07, 6.45) is 4.87. The van der Waals surface area contributed by atoms with Gasteiger partial charge in [0.2, 0.25) is 5.75 Å². The lowest BCUT2D eigenvalue weighted by Gasteiger charge is -2.42. The van der Waals surface area contributed by atoms with E-state index in [1.807, 2.05) is 12.1 Å². The summed E-state index contributed by atoms with van der Waals surface area (Å²) >= 11 is 0. The molecule has 2 rings (SSSR count). The molecule has 2 N–H and O–H groups in total. The second kappa shape index (κ2) is 11.0. The van der Waals surface area contributed by atoms with Crippen molar-refractivity contribution in [2.45, 2.75) is 39.2 Å². The van der Waals surface area contributed by atoms with Crippen molar-refractivity contribution in [1.29, 1.82) is 0 Å². The van der Waals surface area contributed by atoms with Crippen molar-refractivity contribution >= 4 is 5.96 Å².